The van der Waals surface area contributed by atoms with Crippen LogP contribution in [-0.4, -0.2) is 33.1 Å². The molecule has 1 aliphatic heterocycles. The summed E-state index contributed by atoms with van der Waals surface area (Å²) in [6, 6.07) is 2.21. The van der Waals surface area contributed by atoms with E-state index >= 15 is 0 Å². The number of carboxylic acids is 2. The van der Waals surface area contributed by atoms with Gasteiger partial charge in [-0.15, -0.1) is 11.3 Å². The number of rotatable bonds is 6. The molecule has 1 aliphatic rings. The van der Waals surface area contributed by atoms with Gasteiger partial charge in [0.1, 0.15) is 4.32 Å². The fourth-order valence-corrected chi connectivity index (χ4v) is 3.94. The van der Waals surface area contributed by atoms with Crippen LogP contribution in [0, 0.1) is 0 Å². The zero-order valence-electron chi connectivity index (χ0n) is 11.0. The zero-order valence-corrected chi connectivity index (χ0v) is 13.5. The minimum Gasteiger partial charge on any atom is -0.550 e. The van der Waals surface area contributed by atoms with Crippen LogP contribution >= 0.6 is 35.3 Å². The Morgan fingerprint density at radius 2 is 2.14 bits per heavy atom. The number of hydrogen-bond donors (Lipinski definition) is 0. The Bertz CT molecular complexity index is 653. The molecule has 0 spiro atoms. The number of carbonyl (C=O) groups excluding carboxylic acids is 3. The SMILES string of the molecule is O=C([O-])CC[C@@H](C(=O)[O-])N1C(=O)/C(=C/c2cccs2)SC1=S. The minimum absolute atomic E-state index is 0.0698. The minimum atomic E-state index is -1.55. The Morgan fingerprint density at radius 3 is 2.68 bits per heavy atom. The third kappa shape index (κ3) is 3.73. The van der Waals surface area contributed by atoms with Gasteiger partial charge in [0.25, 0.3) is 5.91 Å². The molecule has 1 atom stereocenters. The summed E-state index contributed by atoms with van der Waals surface area (Å²) in [5.74, 6) is -3.50. The maximum Gasteiger partial charge on any atom is 0.266 e. The molecule has 1 aromatic heterocycles. The topological polar surface area (TPSA) is 101 Å². The van der Waals surface area contributed by atoms with Gasteiger partial charge in [0.2, 0.25) is 0 Å². The molecule has 0 unspecified atom stereocenters. The van der Waals surface area contributed by atoms with Gasteiger partial charge in [-0.2, -0.15) is 0 Å². The van der Waals surface area contributed by atoms with Gasteiger partial charge in [0.15, 0.2) is 0 Å². The van der Waals surface area contributed by atoms with Crippen LogP contribution in [0.2, 0.25) is 0 Å². The Hall–Kier alpha value is -1.71. The van der Waals surface area contributed by atoms with E-state index in [1.807, 2.05) is 17.5 Å². The van der Waals surface area contributed by atoms with Crippen LogP contribution in [-0.2, 0) is 14.4 Å². The molecule has 9 heteroatoms. The van der Waals surface area contributed by atoms with Crippen molar-refractivity contribution >= 4 is 63.6 Å². The van der Waals surface area contributed by atoms with Crippen LogP contribution in [0.3, 0.4) is 0 Å². The fraction of sp³-hybridized carbons (Fsp3) is 0.231. The first kappa shape index (κ1) is 16.7. The lowest BCUT2D eigenvalue weighted by Gasteiger charge is -2.27. The number of thiophene rings is 1. The quantitative estimate of drug-likeness (QED) is 0.505. The molecule has 0 radical (unpaired) electrons. The maximum absolute atomic E-state index is 12.3. The van der Waals surface area contributed by atoms with Gasteiger partial charge in [-0.25, -0.2) is 0 Å². The Morgan fingerprint density at radius 1 is 1.41 bits per heavy atom. The van der Waals surface area contributed by atoms with E-state index < -0.39 is 30.3 Å². The maximum atomic E-state index is 12.3. The molecule has 0 aromatic carbocycles. The van der Waals surface area contributed by atoms with Crippen LogP contribution < -0.4 is 10.2 Å². The zero-order chi connectivity index (χ0) is 16.3. The van der Waals surface area contributed by atoms with Gasteiger partial charge in [-0.3, -0.25) is 9.69 Å². The van der Waals surface area contributed by atoms with Gasteiger partial charge < -0.3 is 19.8 Å². The molecule has 2 rings (SSSR count). The average molecular weight is 355 g/mol. The number of carbonyl (C=O) groups is 3. The van der Waals surface area contributed by atoms with Gasteiger partial charge in [-0.05, 0) is 30.4 Å². The van der Waals surface area contributed by atoms with E-state index in [-0.39, 0.29) is 10.7 Å². The second-order valence-corrected chi connectivity index (χ2v) is 6.97. The lowest BCUT2D eigenvalue weighted by molar-refractivity contribution is -0.311. The van der Waals surface area contributed by atoms with E-state index in [0.29, 0.717) is 4.91 Å². The molecule has 0 aliphatic carbocycles. The Kier molecular flexibility index (Phi) is 5.33. The summed E-state index contributed by atoms with van der Waals surface area (Å²) in [5, 5.41) is 23.6. The summed E-state index contributed by atoms with van der Waals surface area (Å²) in [6.45, 7) is 0. The van der Waals surface area contributed by atoms with Gasteiger partial charge in [-0.1, -0.05) is 30.0 Å². The molecule has 1 fully saturated rings. The highest BCUT2D eigenvalue weighted by molar-refractivity contribution is 8.26. The highest BCUT2D eigenvalue weighted by Gasteiger charge is 2.37. The summed E-state index contributed by atoms with van der Waals surface area (Å²) in [7, 11) is 0. The number of carboxylic acid groups (broad SMARTS) is 2. The fourth-order valence-electron chi connectivity index (χ4n) is 1.86. The third-order valence-electron chi connectivity index (χ3n) is 2.85. The second kappa shape index (κ2) is 7.03. The predicted octanol–water partition coefficient (Wildman–Crippen LogP) is -0.402. The molecule has 6 nitrogen and oxygen atoms in total. The van der Waals surface area contributed by atoms with E-state index in [4.69, 9.17) is 12.2 Å². The lowest BCUT2D eigenvalue weighted by atomic mass is 10.1. The molecule has 116 valence electrons. The van der Waals surface area contributed by atoms with Gasteiger partial charge in [0, 0.05) is 10.8 Å². The number of aliphatic carboxylic acids is 2. The second-order valence-electron chi connectivity index (χ2n) is 4.31. The largest absolute Gasteiger partial charge is 0.550 e. The molecule has 22 heavy (non-hydrogen) atoms. The Labute approximate surface area is 139 Å². The smallest absolute Gasteiger partial charge is 0.266 e. The molecule has 1 amide bonds. The molecule has 1 aromatic rings. The molecule has 0 bridgehead atoms. The third-order valence-corrected chi connectivity index (χ3v) is 5.00. The van der Waals surface area contributed by atoms with Crippen molar-refractivity contribution in [3.8, 4) is 0 Å². The molecule has 0 saturated carbocycles. The summed E-state index contributed by atoms with van der Waals surface area (Å²) in [6.07, 6.45) is 0.804. The van der Waals surface area contributed by atoms with Crippen molar-refractivity contribution in [2.24, 2.45) is 0 Å². The van der Waals surface area contributed by atoms with Crippen LogP contribution in [0.15, 0.2) is 22.4 Å². The number of nitrogens with zero attached hydrogens (tertiary/aromatic N) is 1. The molecule has 2 heterocycles. The normalized spacial score (nSPS) is 18.0. The van der Waals surface area contributed by atoms with E-state index in [1.165, 1.54) is 11.3 Å². The monoisotopic (exact) mass is 355 g/mol. The standard InChI is InChI=1S/C13H11NO5S3/c15-10(16)4-3-8(12(18)19)14-11(17)9(22-13(14)20)6-7-2-1-5-21-7/h1-2,5-6,8H,3-4H2,(H,15,16)(H,18,19)/p-2/b9-6-/t8-/m0/s1. The van der Waals surface area contributed by atoms with Crippen LogP contribution in [0.1, 0.15) is 17.7 Å². The van der Waals surface area contributed by atoms with Crippen LogP contribution in [0.4, 0.5) is 0 Å². The van der Waals surface area contributed by atoms with Crippen molar-refractivity contribution in [2.75, 3.05) is 0 Å². The lowest BCUT2D eigenvalue weighted by Crippen LogP contribution is -2.50. The number of amides is 1. The van der Waals surface area contributed by atoms with Gasteiger partial charge in [0.05, 0.1) is 16.9 Å². The summed E-state index contributed by atoms with van der Waals surface area (Å²) >= 11 is 7.45. The molecular weight excluding hydrogens is 346 g/mol. The first-order chi connectivity index (χ1) is 10.4. The molecule has 0 N–H and O–H groups in total. The number of thiocarbonyl (C=S) groups is 1. The molecular formula is C13H9NO5S3-2. The van der Waals surface area contributed by atoms with Crippen LogP contribution in [0.5, 0.6) is 0 Å². The number of hydrogen-bond acceptors (Lipinski definition) is 8. The van der Waals surface area contributed by atoms with Crippen molar-refractivity contribution in [3.05, 3.63) is 27.3 Å². The average Bonchev–Trinajstić information content (AvgIpc) is 3.02. The molecule has 1 saturated heterocycles. The first-order valence-corrected chi connectivity index (χ1v) is 8.22. The van der Waals surface area contributed by atoms with E-state index in [0.717, 1.165) is 21.5 Å². The van der Waals surface area contributed by atoms with Crippen molar-refractivity contribution in [3.63, 3.8) is 0 Å². The van der Waals surface area contributed by atoms with Crippen molar-refractivity contribution in [2.45, 2.75) is 18.9 Å². The van der Waals surface area contributed by atoms with Gasteiger partial charge >= 0.3 is 0 Å². The summed E-state index contributed by atoms with van der Waals surface area (Å²) in [4.78, 5) is 36.1. The van der Waals surface area contributed by atoms with E-state index in [2.05, 4.69) is 0 Å². The predicted molar refractivity (Wildman–Crippen MR) is 82.4 cm³/mol. The van der Waals surface area contributed by atoms with Crippen molar-refractivity contribution < 1.29 is 24.6 Å². The van der Waals surface area contributed by atoms with Crippen molar-refractivity contribution in [1.82, 2.24) is 4.90 Å². The van der Waals surface area contributed by atoms with Crippen LogP contribution in [0.25, 0.3) is 6.08 Å². The van der Waals surface area contributed by atoms with E-state index in [9.17, 15) is 24.6 Å². The summed E-state index contributed by atoms with van der Waals surface area (Å²) < 4.78 is 0.0698. The highest BCUT2D eigenvalue weighted by Crippen LogP contribution is 2.35. The van der Waals surface area contributed by atoms with E-state index in [1.54, 1.807) is 6.08 Å². The number of thioether (sulfide) groups is 1. The summed E-state index contributed by atoms with van der Waals surface area (Å²) in [5.41, 5.74) is 0. The Balaban J connectivity index is 2.22. The highest BCUT2D eigenvalue weighted by atomic mass is 32.2. The first-order valence-electron chi connectivity index (χ1n) is 6.11. The van der Waals surface area contributed by atoms with Crippen molar-refractivity contribution in [1.29, 1.82) is 0 Å².